The lowest BCUT2D eigenvalue weighted by Gasteiger charge is -2.21. The first-order chi connectivity index (χ1) is 29.6. The van der Waals surface area contributed by atoms with Gasteiger partial charge in [-0.3, -0.25) is 4.79 Å². The fraction of sp³-hybridized carbons (Fsp3) is 0.836. The van der Waals surface area contributed by atoms with Crippen molar-refractivity contribution >= 4 is 5.91 Å². The first-order valence-electron chi connectivity index (χ1n) is 26.5. The van der Waals surface area contributed by atoms with E-state index >= 15 is 0 Å². The molecular formula is C55H103NO4. The second-order valence-corrected chi connectivity index (χ2v) is 18.1. The Morgan fingerprint density at radius 3 is 1.12 bits per heavy atom. The van der Waals surface area contributed by atoms with E-state index in [1.807, 2.05) is 6.08 Å². The average Bonchev–Trinajstić information content (AvgIpc) is 3.25. The Morgan fingerprint density at radius 2 is 0.733 bits per heavy atom. The number of unbranched alkanes of at least 4 members (excludes halogenated alkanes) is 34. The predicted molar refractivity (Wildman–Crippen MR) is 264 cm³/mol. The summed E-state index contributed by atoms with van der Waals surface area (Å²) in [5, 5.41) is 33.2. The summed E-state index contributed by atoms with van der Waals surface area (Å²) in [6, 6.07) is -0.814. The first-order valence-corrected chi connectivity index (χ1v) is 26.5. The number of hydrogen-bond acceptors (Lipinski definition) is 4. The summed E-state index contributed by atoms with van der Waals surface area (Å²) < 4.78 is 0. The Balaban J connectivity index is 3.56. The molecule has 3 atom stereocenters. The molecule has 60 heavy (non-hydrogen) atoms. The average molecular weight is 842 g/mol. The summed E-state index contributed by atoms with van der Waals surface area (Å²) in [4.78, 5) is 12.5. The van der Waals surface area contributed by atoms with Crippen LogP contribution in [0.25, 0.3) is 0 Å². The third kappa shape index (κ3) is 44.4. The normalized spacial score (nSPS) is 13.8. The van der Waals surface area contributed by atoms with Crippen molar-refractivity contribution in [2.75, 3.05) is 6.61 Å². The zero-order valence-electron chi connectivity index (χ0n) is 40.1. The van der Waals surface area contributed by atoms with Crippen molar-refractivity contribution in [1.82, 2.24) is 5.32 Å². The van der Waals surface area contributed by atoms with Crippen molar-refractivity contribution in [2.45, 2.75) is 289 Å². The zero-order valence-corrected chi connectivity index (χ0v) is 40.1. The molecule has 0 radical (unpaired) electrons. The second kappa shape index (κ2) is 50.0. The van der Waals surface area contributed by atoms with Crippen molar-refractivity contribution in [3.8, 4) is 0 Å². The van der Waals surface area contributed by atoms with Gasteiger partial charge in [-0.25, -0.2) is 0 Å². The minimum Gasteiger partial charge on any atom is -0.394 e. The number of hydrogen-bond donors (Lipinski definition) is 4. The highest BCUT2D eigenvalue weighted by Crippen LogP contribution is 2.16. The number of rotatable bonds is 48. The van der Waals surface area contributed by atoms with Gasteiger partial charge < -0.3 is 20.6 Å². The molecule has 0 aliphatic heterocycles. The van der Waals surface area contributed by atoms with Gasteiger partial charge in [0.1, 0.15) is 6.10 Å². The number of nitrogens with one attached hydrogen (secondary N) is 1. The summed E-state index contributed by atoms with van der Waals surface area (Å²) in [5.41, 5.74) is 0. The fourth-order valence-corrected chi connectivity index (χ4v) is 8.00. The summed E-state index contributed by atoms with van der Waals surface area (Å²) in [6.07, 6.45) is 66.1. The Kier molecular flexibility index (Phi) is 48.6. The van der Waals surface area contributed by atoms with E-state index in [0.29, 0.717) is 6.42 Å². The third-order valence-corrected chi connectivity index (χ3v) is 12.1. The molecule has 0 heterocycles. The molecule has 5 heteroatoms. The smallest absolute Gasteiger partial charge is 0.249 e. The molecule has 0 aliphatic rings. The number of carbonyl (C=O) groups is 1. The van der Waals surface area contributed by atoms with Gasteiger partial charge in [0, 0.05) is 0 Å². The molecule has 0 aromatic heterocycles. The Morgan fingerprint density at radius 1 is 0.417 bits per heavy atom. The number of allylic oxidation sites excluding steroid dienone is 7. The number of carbonyl (C=O) groups excluding carboxylic acids is 1. The maximum atomic E-state index is 12.5. The Labute approximate surface area is 374 Å². The highest BCUT2D eigenvalue weighted by molar-refractivity contribution is 5.80. The molecule has 0 saturated heterocycles. The lowest BCUT2D eigenvalue weighted by atomic mass is 10.0. The third-order valence-electron chi connectivity index (χ3n) is 12.1. The zero-order chi connectivity index (χ0) is 43.7. The molecule has 0 fully saturated rings. The van der Waals surface area contributed by atoms with Gasteiger partial charge in [-0.2, -0.15) is 0 Å². The molecule has 3 unspecified atom stereocenters. The quantitative estimate of drug-likeness (QED) is 0.0363. The van der Waals surface area contributed by atoms with Crippen LogP contribution in [0.3, 0.4) is 0 Å². The van der Waals surface area contributed by atoms with Crippen LogP contribution in [0.15, 0.2) is 48.6 Å². The van der Waals surface area contributed by atoms with E-state index in [9.17, 15) is 20.1 Å². The van der Waals surface area contributed by atoms with Crippen LogP contribution in [0.4, 0.5) is 0 Å². The van der Waals surface area contributed by atoms with Crippen LogP contribution in [-0.4, -0.2) is 46.1 Å². The summed E-state index contributed by atoms with van der Waals surface area (Å²) in [7, 11) is 0. The molecule has 5 nitrogen and oxygen atoms in total. The predicted octanol–water partition coefficient (Wildman–Crippen LogP) is 16.1. The molecule has 0 aliphatic carbocycles. The molecule has 0 rings (SSSR count). The first kappa shape index (κ1) is 58.3. The molecule has 0 spiro atoms. The van der Waals surface area contributed by atoms with Gasteiger partial charge in [0.2, 0.25) is 5.91 Å². The SMILES string of the molecule is CCCCCCCCCC/C=C/CC/C=C/C(O)C(CO)NC(=O)C(O)CCCCCCCCCCCCCCCCCC/C=C\C/C=C\CCCCCCCCCCC. The largest absolute Gasteiger partial charge is 0.394 e. The maximum absolute atomic E-state index is 12.5. The van der Waals surface area contributed by atoms with E-state index in [1.165, 1.54) is 205 Å². The lowest BCUT2D eigenvalue weighted by molar-refractivity contribution is -0.131. The molecular weight excluding hydrogens is 739 g/mol. The van der Waals surface area contributed by atoms with Gasteiger partial charge in [-0.15, -0.1) is 0 Å². The maximum Gasteiger partial charge on any atom is 0.249 e. The number of aliphatic hydroxyl groups excluding tert-OH is 3. The highest BCUT2D eigenvalue weighted by Gasteiger charge is 2.22. The van der Waals surface area contributed by atoms with Gasteiger partial charge in [-0.05, 0) is 64.2 Å². The van der Waals surface area contributed by atoms with E-state index in [-0.39, 0.29) is 6.61 Å². The molecule has 352 valence electrons. The second-order valence-electron chi connectivity index (χ2n) is 18.1. The Bertz CT molecular complexity index is 974. The van der Waals surface area contributed by atoms with Gasteiger partial charge in [0.05, 0.1) is 18.8 Å². The van der Waals surface area contributed by atoms with Gasteiger partial charge >= 0.3 is 0 Å². The standard InChI is InChI=1S/C55H103NO4/c1-3-5-7-9-11-13-15-17-19-20-21-22-23-24-25-26-27-28-29-30-31-32-33-34-35-36-38-40-42-44-46-48-50-54(59)55(60)56-52(51-57)53(58)49-47-45-43-41-39-37-18-16-14-12-10-8-6-4-2/h21-22,24-25,39,41,47,49,52-54,57-59H,3-20,23,26-38,40,42-46,48,50-51H2,1-2H3,(H,56,60)/b22-21-,25-24-,41-39+,49-47+. The lowest BCUT2D eigenvalue weighted by Crippen LogP contribution is -2.48. The Hall–Kier alpha value is -1.69. The van der Waals surface area contributed by atoms with Crippen LogP contribution >= 0.6 is 0 Å². The minimum absolute atomic E-state index is 0.376. The summed E-state index contributed by atoms with van der Waals surface area (Å²) in [6.45, 7) is 4.17. The molecule has 4 N–H and O–H groups in total. The topological polar surface area (TPSA) is 89.8 Å². The van der Waals surface area contributed by atoms with E-state index in [4.69, 9.17) is 0 Å². The molecule has 1 amide bonds. The monoisotopic (exact) mass is 842 g/mol. The van der Waals surface area contributed by atoms with Crippen LogP contribution in [0.2, 0.25) is 0 Å². The number of amides is 1. The molecule has 0 saturated carbocycles. The van der Waals surface area contributed by atoms with E-state index in [2.05, 4.69) is 55.6 Å². The molecule has 0 aromatic carbocycles. The van der Waals surface area contributed by atoms with Crippen LogP contribution < -0.4 is 5.32 Å². The van der Waals surface area contributed by atoms with Crippen LogP contribution in [0, 0.1) is 0 Å². The number of aliphatic hydroxyl groups is 3. The minimum atomic E-state index is -1.11. The van der Waals surface area contributed by atoms with Crippen molar-refractivity contribution < 1.29 is 20.1 Å². The molecule has 0 aromatic rings. The fourth-order valence-electron chi connectivity index (χ4n) is 8.00. The molecule has 0 bridgehead atoms. The van der Waals surface area contributed by atoms with E-state index in [1.54, 1.807) is 6.08 Å². The summed E-state index contributed by atoms with van der Waals surface area (Å²) >= 11 is 0. The van der Waals surface area contributed by atoms with Crippen molar-refractivity contribution in [2.24, 2.45) is 0 Å². The van der Waals surface area contributed by atoms with Crippen LogP contribution in [0.5, 0.6) is 0 Å². The van der Waals surface area contributed by atoms with Crippen LogP contribution in [0.1, 0.15) is 271 Å². The van der Waals surface area contributed by atoms with Gasteiger partial charge in [-0.1, -0.05) is 255 Å². The van der Waals surface area contributed by atoms with Crippen LogP contribution in [-0.2, 0) is 4.79 Å². The highest BCUT2D eigenvalue weighted by atomic mass is 16.3. The van der Waals surface area contributed by atoms with Gasteiger partial charge in [0.15, 0.2) is 0 Å². The van der Waals surface area contributed by atoms with Crippen molar-refractivity contribution in [3.63, 3.8) is 0 Å². The van der Waals surface area contributed by atoms with E-state index in [0.717, 1.165) is 44.9 Å². The van der Waals surface area contributed by atoms with E-state index < -0.39 is 24.2 Å². The van der Waals surface area contributed by atoms with Crippen molar-refractivity contribution in [1.29, 1.82) is 0 Å². The van der Waals surface area contributed by atoms with Gasteiger partial charge in [0.25, 0.3) is 0 Å². The summed E-state index contributed by atoms with van der Waals surface area (Å²) in [5.74, 6) is -0.512. The van der Waals surface area contributed by atoms with Crippen molar-refractivity contribution in [3.05, 3.63) is 48.6 Å².